The predicted octanol–water partition coefficient (Wildman–Crippen LogP) is 3.01. The van der Waals surface area contributed by atoms with Crippen molar-refractivity contribution in [2.24, 2.45) is 5.73 Å². The van der Waals surface area contributed by atoms with Crippen LogP contribution >= 0.6 is 15.9 Å². The summed E-state index contributed by atoms with van der Waals surface area (Å²) in [6, 6.07) is 2.39. The molecule has 0 aliphatic rings. The summed E-state index contributed by atoms with van der Waals surface area (Å²) in [4.78, 5) is 0. The highest BCUT2D eigenvalue weighted by molar-refractivity contribution is 9.10. The van der Waals surface area contributed by atoms with Crippen LogP contribution in [0.2, 0.25) is 0 Å². The largest absolute Gasteiger partial charge is 0.330 e. The van der Waals surface area contributed by atoms with Gasteiger partial charge in [0.2, 0.25) is 0 Å². The Kier molecular flexibility index (Phi) is 4.48. The van der Waals surface area contributed by atoms with Crippen molar-refractivity contribution in [2.45, 2.75) is 19.3 Å². The van der Waals surface area contributed by atoms with Crippen LogP contribution in [0.1, 0.15) is 18.4 Å². The molecular weight excluding hydrogens is 252 g/mol. The normalized spacial score (nSPS) is 10.6. The predicted molar refractivity (Wildman–Crippen MR) is 56.1 cm³/mol. The topological polar surface area (TPSA) is 26.0 Å². The number of nitrogens with two attached hydrogens (primary N) is 1. The maximum Gasteiger partial charge on any atom is 0.137 e. The second kappa shape index (κ2) is 5.41. The molecule has 0 saturated heterocycles. The molecule has 4 heteroatoms. The monoisotopic (exact) mass is 263 g/mol. The van der Waals surface area contributed by atoms with Crippen LogP contribution in [0.4, 0.5) is 8.78 Å². The third-order valence-electron chi connectivity index (χ3n) is 1.99. The number of halogens is 3. The van der Waals surface area contributed by atoms with E-state index in [4.69, 9.17) is 5.73 Å². The van der Waals surface area contributed by atoms with Gasteiger partial charge in [0, 0.05) is 0 Å². The molecule has 0 spiro atoms. The highest BCUT2D eigenvalue weighted by Crippen LogP contribution is 2.20. The van der Waals surface area contributed by atoms with E-state index in [-0.39, 0.29) is 10.3 Å². The van der Waals surface area contributed by atoms with E-state index in [1.54, 1.807) is 0 Å². The number of aryl methyl sites for hydroxylation is 1. The second-order valence-electron chi connectivity index (χ2n) is 3.10. The minimum absolute atomic E-state index is 0.164. The van der Waals surface area contributed by atoms with E-state index in [0.717, 1.165) is 18.9 Å². The lowest BCUT2D eigenvalue weighted by Crippen LogP contribution is -2.00. The molecule has 2 N–H and O–H groups in total. The lowest BCUT2D eigenvalue weighted by atomic mass is 10.1. The smallest absolute Gasteiger partial charge is 0.137 e. The van der Waals surface area contributed by atoms with Gasteiger partial charge in [-0.2, -0.15) is 0 Å². The molecule has 0 unspecified atom stereocenters. The van der Waals surface area contributed by atoms with Crippen molar-refractivity contribution < 1.29 is 8.78 Å². The first-order valence-corrected chi connectivity index (χ1v) is 5.28. The Balaban J connectivity index is 2.72. The Morgan fingerprint density at radius 3 is 2.50 bits per heavy atom. The summed E-state index contributed by atoms with van der Waals surface area (Å²) in [6.07, 6.45) is 2.15. The SMILES string of the molecule is NCCCCc1cc(F)c(Br)cc1F. The Morgan fingerprint density at radius 2 is 1.86 bits per heavy atom. The molecule has 0 saturated carbocycles. The summed E-state index contributed by atoms with van der Waals surface area (Å²) in [7, 11) is 0. The number of unbranched alkanes of at least 4 members (excludes halogenated alkanes) is 1. The van der Waals surface area contributed by atoms with Crippen LogP contribution in [0.15, 0.2) is 16.6 Å². The van der Waals surface area contributed by atoms with Crippen molar-refractivity contribution in [1.29, 1.82) is 0 Å². The van der Waals surface area contributed by atoms with Gasteiger partial charge in [0.05, 0.1) is 4.47 Å². The summed E-state index contributed by atoms with van der Waals surface area (Å²) in [6.45, 7) is 0.584. The molecule has 0 aromatic heterocycles. The number of hydrogen-bond acceptors (Lipinski definition) is 1. The van der Waals surface area contributed by atoms with E-state index in [9.17, 15) is 8.78 Å². The van der Waals surface area contributed by atoms with Gasteiger partial charge >= 0.3 is 0 Å². The minimum Gasteiger partial charge on any atom is -0.330 e. The number of rotatable bonds is 4. The van der Waals surface area contributed by atoms with Crippen LogP contribution in [0, 0.1) is 11.6 Å². The standard InChI is InChI=1S/C10H12BrF2N/c11-8-6-9(12)7(5-10(8)13)3-1-2-4-14/h5-6H,1-4,14H2. The van der Waals surface area contributed by atoms with E-state index in [1.165, 1.54) is 6.07 Å². The third kappa shape index (κ3) is 3.03. The maximum atomic E-state index is 13.2. The molecule has 0 atom stereocenters. The Bertz CT molecular complexity index is 315. The molecule has 1 nitrogen and oxygen atoms in total. The van der Waals surface area contributed by atoms with Crippen LogP contribution < -0.4 is 5.73 Å². The fourth-order valence-corrected chi connectivity index (χ4v) is 1.53. The Morgan fingerprint density at radius 1 is 1.14 bits per heavy atom. The third-order valence-corrected chi connectivity index (χ3v) is 2.60. The van der Waals surface area contributed by atoms with Gasteiger partial charge in [0.15, 0.2) is 0 Å². The maximum absolute atomic E-state index is 13.2. The van der Waals surface area contributed by atoms with Gasteiger partial charge in [-0.1, -0.05) is 0 Å². The first-order valence-electron chi connectivity index (χ1n) is 4.48. The number of hydrogen-bond donors (Lipinski definition) is 1. The molecule has 0 heterocycles. The molecule has 0 radical (unpaired) electrons. The summed E-state index contributed by atoms with van der Waals surface area (Å²) < 4.78 is 26.4. The second-order valence-corrected chi connectivity index (χ2v) is 3.96. The van der Waals surface area contributed by atoms with E-state index in [2.05, 4.69) is 15.9 Å². The lowest BCUT2D eigenvalue weighted by molar-refractivity contribution is 0.574. The average Bonchev–Trinajstić information content (AvgIpc) is 2.14. The zero-order valence-electron chi connectivity index (χ0n) is 7.69. The van der Waals surface area contributed by atoms with Crippen LogP contribution in [0.3, 0.4) is 0 Å². The highest BCUT2D eigenvalue weighted by Gasteiger charge is 2.07. The van der Waals surface area contributed by atoms with Gasteiger partial charge in [0.25, 0.3) is 0 Å². The molecule has 0 aliphatic carbocycles. The van der Waals surface area contributed by atoms with Crippen molar-refractivity contribution in [1.82, 2.24) is 0 Å². The summed E-state index contributed by atoms with van der Waals surface area (Å²) >= 11 is 2.93. The Labute approximate surface area is 90.4 Å². The van der Waals surface area contributed by atoms with Crippen molar-refractivity contribution in [3.8, 4) is 0 Å². The van der Waals surface area contributed by atoms with Gasteiger partial charge in [-0.25, -0.2) is 8.78 Å². The highest BCUT2D eigenvalue weighted by atomic mass is 79.9. The summed E-state index contributed by atoms with van der Waals surface area (Å²) in [5.74, 6) is -0.788. The Hall–Kier alpha value is -0.480. The van der Waals surface area contributed by atoms with Crippen molar-refractivity contribution in [2.75, 3.05) is 6.54 Å². The van der Waals surface area contributed by atoms with Gasteiger partial charge in [-0.05, 0) is 59.4 Å². The molecule has 78 valence electrons. The van der Waals surface area contributed by atoms with Gasteiger partial charge in [0.1, 0.15) is 11.6 Å². The van der Waals surface area contributed by atoms with Gasteiger partial charge in [-0.15, -0.1) is 0 Å². The van der Waals surface area contributed by atoms with Gasteiger partial charge in [-0.3, -0.25) is 0 Å². The quantitative estimate of drug-likeness (QED) is 0.656. The first-order chi connectivity index (χ1) is 6.65. The molecule has 14 heavy (non-hydrogen) atoms. The fourth-order valence-electron chi connectivity index (χ4n) is 1.22. The molecule has 1 aromatic rings. The molecule has 0 bridgehead atoms. The molecule has 1 rings (SSSR count). The summed E-state index contributed by atoms with van der Waals surface area (Å²) in [5, 5.41) is 0. The molecule has 0 fully saturated rings. The van der Waals surface area contributed by atoms with E-state index in [0.29, 0.717) is 18.5 Å². The number of benzene rings is 1. The molecule has 1 aromatic carbocycles. The lowest BCUT2D eigenvalue weighted by Gasteiger charge is -2.04. The van der Waals surface area contributed by atoms with E-state index >= 15 is 0 Å². The average molecular weight is 264 g/mol. The van der Waals surface area contributed by atoms with Gasteiger partial charge < -0.3 is 5.73 Å². The van der Waals surface area contributed by atoms with Crippen molar-refractivity contribution in [3.05, 3.63) is 33.8 Å². The van der Waals surface area contributed by atoms with Crippen LogP contribution in [-0.2, 0) is 6.42 Å². The van der Waals surface area contributed by atoms with Crippen LogP contribution in [0.5, 0.6) is 0 Å². The van der Waals surface area contributed by atoms with Crippen LogP contribution in [0.25, 0.3) is 0 Å². The van der Waals surface area contributed by atoms with E-state index < -0.39 is 5.82 Å². The molecule has 0 aliphatic heterocycles. The first kappa shape index (κ1) is 11.6. The van der Waals surface area contributed by atoms with Crippen molar-refractivity contribution >= 4 is 15.9 Å². The fraction of sp³-hybridized carbons (Fsp3) is 0.400. The molecular formula is C10H12BrF2N. The minimum atomic E-state index is -0.422. The molecule has 0 amide bonds. The van der Waals surface area contributed by atoms with E-state index in [1.807, 2.05) is 0 Å². The zero-order valence-corrected chi connectivity index (χ0v) is 9.28. The van der Waals surface area contributed by atoms with Crippen molar-refractivity contribution in [3.63, 3.8) is 0 Å². The summed E-state index contributed by atoms with van der Waals surface area (Å²) in [5.41, 5.74) is 5.73. The zero-order chi connectivity index (χ0) is 10.6. The van der Waals surface area contributed by atoms with Crippen LogP contribution in [-0.4, -0.2) is 6.54 Å².